The molecular weight excluding hydrogens is 343 g/mol. The molecule has 0 spiro atoms. The van der Waals surface area contributed by atoms with Crippen LogP contribution >= 0.6 is 0 Å². The Labute approximate surface area is 146 Å². The molecule has 1 atom stereocenters. The van der Waals surface area contributed by atoms with E-state index < -0.39 is 15.8 Å². The topological polar surface area (TPSA) is 80.5 Å². The minimum atomic E-state index is -3.75. The predicted octanol–water partition coefficient (Wildman–Crippen LogP) is 2.71. The van der Waals surface area contributed by atoms with E-state index in [0.29, 0.717) is 5.56 Å². The second-order valence-corrected chi connectivity index (χ2v) is 7.16. The minimum Gasteiger partial charge on any atom is -0.335 e. The highest BCUT2D eigenvalue weighted by Gasteiger charge is 2.16. The molecule has 2 aromatic carbocycles. The van der Waals surface area contributed by atoms with Gasteiger partial charge in [-0.1, -0.05) is 30.3 Å². The third-order valence-corrected chi connectivity index (χ3v) is 4.86. The summed E-state index contributed by atoms with van der Waals surface area (Å²) in [4.78, 5) is 13.8. The highest BCUT2D eigenvalue weighted by Crippen LogP contribution is 2.21. The van der Waals surface area contributed by atoms with Crippen molar-refractivity contribution in [2.24, 2.45) is 5.14 Å². The summed E-state index contributed by atoms with van der Waals surface area (Å²) in [5.74, 6) is -0.702. The van der Waals surface area contributed by atoms with Crippen molar-refractivity contribution in [3.05, 3.63) is 71.6 Å². The van der Waals surface area contributed by atoms with Gasteiger partial charge in [0.15, 0.2) is 0 Å². The molecule has 0 saturated carbocycles. The van der Waals surface area contributed by atoms with Crippen molar-refractivity contribution < 1.29 is 17.6 Å². The molecule has 25 heavy (non-hydrogen) atoms. The van der Waals surface area contributed by atoms with Gasteiger partial charge >= 0.3 is 0 Å². The summed E-state index contributed by atoms with van der Waals surface area (Å²) in [5, 5.41) is 5.07. The molecule has 0 fully saturated rings. The zero-order valence-corrected chi connectivity index (χ0v) is 14.7. The van der Waals surface area contributed by atoms with Crippen molar-refractivity contribution in [1.29, 1.82) is 0 Å². The maximum atomic E-state index is 13.6. The average Bonchev–Trinajstić information content (AvgIpc) is 2.59. The third-order valence-electron chi connectivity index (χ3n) is 3.93. The zero-order chi connectivity index (χ0) is 18.6. The molecule has 0 bridgehead atoms. The molecule has 0 radical (unpaired) electrons. The second-order valence-electron chi connectivity index (χ2n) is 5.59. The lowest BCUT2D eigenvalue weighted by Crippen LogP contribution is -2.28. The normalized spacial score (nSPS) is 13.0. The van der Waals surface area contributed by atoms with E-state index in [4.69, 9.17) is 5.14 Å². The van der Waals surface area contributed by atoms with Gasteiger partial charge in [-0.3, -0.25) is 4.79 Å². The SMILES string of the molecule is CC(c1ccc(S(N)(=O)=O)cc1)N(C)C(=O)/C=C/c1ccccc1F. The number of benzene rings is 2. The number of likely N-dealkylation sites (N-methyl/N-ethyl adjacent to an activating group) is 1. The number of nitrogens with two attached hydrogens (primary N) is 1. The summed E-state index contributed by atoms with van der Waals surface area (Å²) in [6.45, 7) is 1.81. The van der Waals surface area contributed by atoms with Gasteiger partial charge in [-0.2, -0.15) is 0 Å². The molecule has 0 aromatic heterocycles. The number of amides is 1. The number of nitrogens with zero attached hydrogens (tertiary/aromatic N) is 1. The van der Waals surface area contributed by atoms with Gasteiger partial charge in [-0.15, -0.1) is 0 Å². The van der Waals surface area contributed by atoms with Crippen molar-refractivity contribution in [3.8, 4) is 0 Å². The van der Waals surface area contributed by atoms with Crippen LogP contribution in [0.15, 0.2) is 59.5 Å². The molecule has 0 heterocycles. The van der Waals surface area contributed by atoms with Crippen LogP contribution in [-0.2, 0) is 14.8 Å². The Hall–Kier alpha value is -2.51. The molecule has 1 unspecified atom stereocenters. The molecule has 5 nitrogen and oxygen atoms in total. The highest BCUT2D eigenvalue weighted by atomic mass is 32.2. The monoisotopic (exact) mass is 362 g/mol. The van der Waals surface area contributed by atoms with E-state index in [2.05, 4.69) is 0 Å². The summed E-state index contributed by atoms with van der Waals surface area (Å²) in [6, 6.07) is 11.9. The molecule has 0 aliphatic rings. The third kappa shape index (κ3) is 4.74. The smallest absolute Gasteiger partial charge is 0.246 e. The Kier molecular flexibility index (Phi) is 5.71. The van der Waals surface area contributed by atoms with Gasteiger partial charge in [0.25, 0.3) is 0 Å². The number of carbonyl (C=O) groups excluding carboxylic acids is 1. The maximum absolute atomic E-state index is 13.6. The molecule has 0 saturated heterocycles. The number of sulfonamides is 1. The number of hydrogen-bond acceptors (Lipinski definition) is 3. The fraction of sp³-hybridized carbons (Fsp3) is 0.167. The quantitative estimate of drug-likeness (QED) is 0.831. The van der Waals surface area contributed by atoms with Crippen LogP contribution in [0, 0.1) is 5.82 Å². The van der Waals surface area contributed by atoms with E-state index in [1.807, 2.05) is 0 Å². The molecule has 0 aliphatic heterocycles. The summed E-state index contributed by atoms with van der Waals surface area (Å²) < 4.78 is 36.1. The van der Waals surface area contributed by atoms with E-state index in [-0.39, 0.29) is 16.8 Å². The fourth-order valence-corrected chi connectivity index (χ4v) is 2.75. The van der Waals surface area contributed by atoms with Crippen molar-refractivity contribution in [2.75, 3.05) is 7.05 Å². The second kappa shape index (κ2) is 7.58. The summed E-state index contributed by atoms with van der Waals surface area (Å²) in [6.07, 6.45) is 2.72. The predicted molar refractivity (Wildman–Crippen MR) is 94.4 cm³/mol. The van der Waals surface area contributed by atoms with Gasteiger partial charge in [0.2, 0.25) is 15.9 Å². The van der Waals surface area contributed by atoms with Gasteiger partial charge in [0.05, 0.1) is 10.9 Å². The Morgan fingerprint density at radius 1 is 1.16 bits per heavy atom. The standard InChI is InChI=1S/C18H19FN2O3S/c1-13(14-7-10-16(11-8-14)25(20,23)24)21(2)18(22)12-9-15-5-3-4-6-17(15)19/h3-13H,1-2H3,(H2,20,23,24)/b12-9+. The molecule has 7 heteroatoms. The Bertz CT molecular complexity index is 893. The highest BCUT2D eigenvalue weighted by molar-refractivity contribution is 7.89. The molecule has 0 aliphatic carbocycles. The van der Waals surface area contributed by atoms with Crippen molar-refractivity contribution in [2.45, 2.75) is 17.9 Å². The van der Waals surface area contributed by atoms with E-state index in [0.717, 1.165) is 5.56 Å². The largest absolute Gasteiger partial charge is 0.335 e. The first kappa shape index (κ1) is 18.8. The molecule has 2 rings (SSSR count). The van der Waals surface area contributed by atoms with E-state index in [9.17, 15) is 17.6 Å². The molecule has 2 aromatic rings. The van der Waals surface area contributed by atoms with Crippen LogP contribution in [0.2, 0.25) is 0 Å². The molecule has 2 N–H and O–H groups in total. The lowest BCUT2D eigenvalue weighted by molar-refractivity contribution is -0.126. The average molecular weight is 362 g/mol. The van der Waals surface area contributed by atoms with Crippen LogP contribution in [0.4, 0.5) is 4.39 Å². The number of rotatable bonds is 5. The van der Waals surface area contributed by atoms with Crippen molar-refractivity contribution in [3.63, 3.8) is 0 Å². The number of halogens is 1. The van der Waals surface area contributed by atoms with Gasteiger partial charge in [0.1, 0.15) is 5.82 Å². The van der Waals surface area contributed by atoms with E-state index >= 15 is 0 Å². The summed E-state index contributed by atoms with van der Waals surface area (Å²) in [5.41, 5.74) is 1.08. The molecule has 1 amide bonds. The van der Waals surface area contributed by atoms with Gasteiger partial charge in [-0.25, -0.2) is 17.9 Å². The van der Waals surface area contributed by atoms with Gasteiger partial charge < -0.3 is 4.90 Å². The molecular formula is C18H19FN2O3S. The van der Waals surface area contributed by atoms with Crippen LogP contribution in [-0.4, -0.2) is 26.3 Å². The van der Waals surface area contributed by atoms with Crippen LogP contribution in [0.1, 0.15) is 24.1 Å². The number of carbonyl (C=O) groups is 1. The van der Waals surface area contributed by atoms with Gasteiger partial charge in [0, 0.05) is 18.7 Å². The van der Waals surface area contributed by atoms with Crippen molar-refractivity contribution in [1.82, 2.24) is 4.90 Å². The number of hydrogen-bond donors (Lipinski definition) is 1. The summed E-state index contributed by atoms with van der Waals surface area (Å²) >= 11 is 0. The molecule has 132 valence electrons. The first-order chi connectivity index (χ1) is 11.7. The van der Waals surface area contributed by atoms with Crippen LogP contribution in [0.5, 0.6) is 0 Å². The lowest BCUT2D eigenvalue weighted by atomic mass is 10.1. The first-order valence-corrected chi connectivity index (χ1v) is 9.07. The van der Waals surface area contributed by atoms with Crippen molar-refractivity contribution >= 4 is 22.0 Å². The zero-order valence-electron chi connectivity index (χ0n) is 13.9. The Morgan fingerprint density at radius 2 is 1.76 bits per heavy atom. The van der Waals surface area contributed by atoms with Crippen LogP contribution in [0.25, 0.3) is 6.08 Å². The van der Waals surface area contributed by atoms with Crippen LogP contribution in [0.3, 0.4) is 0 Å². The fourth-order valence-electron chi connectivity index (χ4n) is 2.24. The number of primary sulfonamides is 1. The minimum absolute atomic E-state index is 0.0110. The van der Waals surface area contributed by atoms with Gasteiger partial charge in [-0.05, 0) is 36.8 Å². The maximum Gasteiger partial charge on any atom is 0.246 e. The summed E-state index contributed by atoms with van der Waals surface area (Å²) in [7, 11) is -2.14. The van der Waals surface area contributed by atoms with E-state index in [1.165, 1.54) is 35.3 Å². The Morgan fingerprint density at radius 3 is 2.32 bits per heavy atom. The lowest BCUT2D eigenvalue weighted by Gasteiger charge is -2.24. The van der Waals surface area contributed by atoms with Crippen LogP contribution < -0.4 is 5.14 Å². The first-order valence-electron chi connectivity index (χ1n) is 7.52. The van der Waals surface area contributed by atoms with E-state index in [1.54, 1.807) is 44.3 Å². The Balaban J connectivity index is 2.12.